The maximum absolute atomic E-state index is 14.1. The number of aryl methyl sites for hydroxylation is 1. The smallest absolute Gasteiger partial charge is 0.231 e. The summed E-state index contributed by atoms with van der Waals surface area (Å²) in [7, 11) is 0. The van der Waals surface area contributed by atoms with E-state index < -0.39 is 5.41 Å². The van der Waals surface area contributed by atoms with Crippen LogP contribution < -0.4 is 5.32 Å². The van der Waals surface area contributed by atoms with Gasteiger partial charge in [-0.1, -0.05) is 54.4 Å². The molecule has 0 spiro atoms. The van der Waals surface area contributed by atoms with Gasteiger partial charge in [-0.05, 0) is 31.4 Å². The molecule has 0 radical (unpaired) electrons. The van der Waals surface area contributed by atoms with Crippen LogP contribution >= 0.6 is 0 Å². The maximum atomic E-state index is 14.1. The van der Waals surface area contributed by atoms with E-state index in [1.54, 1.807) is 18.2 Å². The molecule has 1 aliphatic carbocycles. The third-order valence-electron chi connectivity index (χ3n) is 4.60. The number of hydrogen-bond donors (Lipinski definition) is 1. The van der Waals surface area contributed by atoms with Gasteiger partial charge in [0, 0.05) is 12.1 Å². The van der Waals surface area contributed by atoms with E-state index in [1.165, 1.54) is 11.6 Å². The first kappa shape index (κ1) is 14.8. The molecule has 3 heteroatoms. The van der Waals surface area contributed by atoms with Crippen molar-refractivity contribution in [3.63, 3.8) is 0 Å². The fourth-order valence-corrected chi connectivity index (χ4v) is 3.06. The fourth-order valence-electron chi connectivity index (χ4n) is 3.06. The molecule has 3 rings (SSSR count). The van der Waals surface area contributed by atoms with Crippen molar-refractivity contribution in [1.29, 1.82) is 0 Å². The van der Waals surface area contributed by atoms with Gasteiger partial charge in [-0.2, -0.15) is 0 Å². The van der Waals surface area contributed by atoms with Gasteiger partial charge in [0.1, 0.15) is 5.82 Å². The second-order valence-corrected chi connectivity index (χ2v) is 6.08. The van der Waals surface area contributed by atoms with Gasteiger partial charge in [-0.15, -0.1) is 0 Å². The fraction of sp³-hybridized carbons (Fsp3) is 0.316. The predicted octanol–water partition coefficient (Wildman–Crippen LogP) is 3.87. The molecule has 2 aromatic rings. The maximum Gasteiger partial charge on any atom is 0.231 e. The highest BCUT2D eigenvalue weighted by atomic mass is 19.1. The van der Waals surface area contributed by atoms with E-state index in [0.29, 0.717) is 24.9 Å². The average molecular weight is 297 g/mol. The number of rotatable bonds is 4. The molecule has 0 heterocycles. The Morgan fingerprint density at radius 3 is 2.41 bits per heavy atom. The number of hydrogen-bond acceptors (Lipinski definition) is 1. The van der Waals surface area contributed by atoms with E-state index in [-0.39, 0.29) is 11.7 Å². The van der Waals surface area contributed by atoms with Crippen LogP contribution in [-0.2, 0) is 16.8 Å². The minimum atomic E-state index is -0.684. The Balaban J connectivity index is 1.75. The van der Waals surface area contributed by atoms with Crippen molar-refractivity contribution in [3.05, 3.63) is 71.0 Å². The normalized spacial score (nSPS) is 15.9. The SMILES string of the molecule is Cc1ccc(CNC(=O)C2(c3ccccc3F)CCC2)cc1. The molecule has 2 aromatic carbocycles. The van der Waals surface area contributed by atoms with Crippen molar-refractivity contribution < 1.29 is 9.18 Å². The van der Waals surface area contributed by atoms with E-state index in [9.17, 15) is 9.18 Å². The van der Waals surface area contributed by atoms with Gasteiger partial charge in [-0.3, -0.25) is 4.79 Å². The summed E-state index contributed by atoms with van der Waals surface area (Å²) in [5, 5.41) is 2.98. The summed E-state index contributed by atoms with van der Waals surface area (Å²) >= 11 is 0. The van der Waals surface area contributed by atoms with Gasteiger partial charge < -0.3 is 5.32 Å². The van der Waals surface area contributed by atoms with Crippen LogP contribution in [0.2, 0.25) is 0 Å². The lowest BCUT2D eigenvalue weighted by molar-refractivity contribution is -0.130. The molecular weight excluding hydrogens is 277 g/mol. The zero-order valence-corrected chi connectivity index (χ0v) is 12.7. The minimum absolute atomic E-state index is 0.0653. The van der Waals surface area contributed by atoms with Crippen molar-refractivity contribution in [2.75, 3.05) is 0 Å². The first-order valence-corrected chi connectivity index (χ1v) is 7.71. The number of benzene rings is 2. The van der Waals surface area contributed by atoms with E-state index in [2.05, 4.69) is 5.32 Å². The number of carbonyl (C=O) groups excluding carboxylic acids is 1. The summed E-state index contributed by atoms with van der Waals surface area (Å²) in [4.78, 5) is 12.7. The van der Waals surface area contributed by atoms with Crippen molar-refractivity contribution in [3.8, 4) is 0 Å². The monoisotopic (exact) mass is 297 g/mol. The number of nitrogens with one attached hydrogen (secondary N) is 1. The van der Waals surface area contributed by atoms with E-state index in [4.69, 9.17) is 0 Å². The van der Waals surface area contributed by atoms with Crippen LogP contribution in [0.25, 0.3) is 0 Å². The molecule has 114 valence electrons. The molecule has 0 aliphatic heterocycles. The lowest BCUT2D eigenvalue weighted by Crippen LogP contribution is -2.49. The van der Waals surface area contributed by atoms with Crippen molar-refractivity contribution in [2.24, 2.45) is 0 Å². The zero-order chi connectivity index (χ0) is 15.6. The molecule has 0 saturated heterocycles. The predicted molar refractivity (Wildman–Crippen MR) is 85.0 cm³/mol. The molecule has 0 aromatic heterocycles. The Hall–Kier alpha value is -2.16. The second-order valence-electron chi connectivity index (χ2n) is 6.08. The highest BCUT2D eigenvalue weighted by Crippen LogP contribution is 2.44. The number of halogens is 1. The largest absolute Gasteiger partial charge is 0.351 e. The van der Waals surface area contributed by atoms with E-state index >= 15 is 0 Å². The topological polar surface area (TPSA) is 29.1 Å². The summed E-state index contributed by atoms with van der Waals surface area (Å²) < 4.78 is 14.1. The lowest BCUT2D eigenvalue weighted by atomic mass is 9.63. The molecule has 1 amide bonds. The molecule has 0 atom stereocenters. The van der Waals surface area contributed by atoms with Gasteiger partial charge in [-0.25, -0.2) is 4.39 Å². The van der Waals surface area contributed by atoms with Crippen LogP contribution in [0.1, 0.15) is 36.0 Å². The van der Waals surface area contributed by atoms with E-state index in [0.717, 1.165) is 12.0 Å². The van der Waals surface area contributed by atoms with Gasteiger partial charge in [0.25, 0.3) is 0 Å². The molecule has 0 unspecified atom stereocenters. The van der Waals surface area contributed by atoms with Crippen molar-refractivity contribution in [1.82, 2.24) is 5.32 Å². The third-order valence-corrected chi connectivity index (χ3v) is 4.60. The summed E-state index contributed by atoms with van der Waals surface area (Å²) in [5.41, 5.74) is 2.09. The first-order chi connectivity index (χ1) is 10.6. The lowest BCUT2D eigenvalue weighted by Gasteiger charge is -2.40. The molecule has 22 heavy (non-hydrogen) atoms. The highest BCUT2D eigenvalue weighted by molar-refractivity contribution is 5.89. The quantitative estimate of drug-likeness (QED) is 0.912. The molecule has 1 aliphatic rings. The van der Waals surface area contributed by atoms with Crippen LogP contribution in [0.15, 0.2) is 48.5 Å². The van der Waals surface area contributed by atoms with Gasteiger partial charge in [0.15, 0.2) is 0 Å². The van der Waals surface area contributed by atoms with Crippen LogP contribution in [-0.4, -0.2) is 5.91 Å². The van der Waals surface area contributed by atoms with Crippen LogP contribution in [0.5, 0.6) is 0 Å². The van der Waals surface area contributed by atoms with E-state index in [1.807, 2.05) is 31.2 Å². The van der Waals surface area contributed by atoms with Crippen LogP contribution in [0.4, 0.5) is 4.39 Å². The van der Waals surface area contributed by atoms with Crippen molar-refractivity contribution in [2.45, 2.75) is 38.1 Å². The van der Waals surface area contributed by atoms with Gasteiger partial charge in [0.2, 0.25) is 5.91 Å². The molecule has 1 fully saturated rings. The van der Waals surface area contributed by atoms with Gasteiger partial charge in [0.05, 0.1) is 5.41 Å². The highest BCUT2D eigenvalue weighted by Gasteiger charge is 2.46. The molecule has 0 bridgehead atoms. The summed E-state index contributed by atoms with van der Waals surface area (Å²) in [6.45, 7) is 2.51. The second kappa shape index (κ2) is 5.91. The van der Waals surface area contributed by atoms with Crippen LogP contribution in [0.3, 0.4) is 0 Å². The molecule has 1 saturated carbocycles. The van der Waals surface area contributed by atoms with Gasteiger partial charge >= 0.3 is 0 Å². The Morgan fingerprint density at radius 1 is 1.14 bits per heavy atom. The zero-order valence-electron chi connectivity index (χ0n) is 12.7. The summed E-state index contributed by atoms with van der Waals surface area (Å²) in [5.74, 6) is -0.350. The average Bonchev–Trinajstić information content (AvgIpc) is 2.47. The summed E-state index contributed by atoms with van der Waals surface area (Å²) in [6.07, 6.45) is 2.40. The third kappa shape index (κ3) is 2.63. The minimum Gasteiger partial charge on any atom is -0.351 e. The molecule has 1 N–H and O–H groups in total. The van der Waals surface area contributed by atoms with Crippen molar-refractivity contribution >= 4 is 5.91 Å². The standard InChI is InChI=1S/C19H20FNO/c1-14-7-9-15(10-8-14)13-21-18(22)19(11-4-12-19)16-5-2-3-6-17(16)20/h2-3,5-10H,4,11-13H2,1H3,(H,21,22). The first-order valence-electron chi connectivity index (χ1n) is 7.71. The summed E-state index contributed by atoms with van der Waals surface area (Å²) in [6, 6.07) is 14.7. The Morgan fingerprint density at radius 2 is 1.82 bits per heavy atom. The molecular formula is C19H20FNO. The Labute approximate surface area is 130 Å². The number of amides is 1. The van der Waals surface area contributed by atoms with Crippen LogP contribution in [0, 0.1) is 12.7 Å². The Bertz CT molecular complexity index is 674. The Kier molecular flexibility index (Phi) is 3.97. The molecule has 2 nitrogen and oxygen atoms in total. The number of carbonyl (C=O) groups is 1.